The summed E-state index contributed by atoms with van der Waals surface area (Å²) in [6.07, 6.45) is 1.52. The highest BCUT2D eigenvalue weighted by Crippen LogP contribution is 2.21. The number of phenols is 1. The van der Waals surface area contributed by atoms with Crippen molar-refractivity contribution in [1.29, 1.82) is 0 Å². The summed E-state index contributed by atoms with van der Waals surface area (Å²) in [5, 5.41) is 9.31. The molecule has 0 spiro atoms. The van der Waals surface area contributed by atoms with Gasteiger partial charge >= 0.3 is 0 Å². The Morgan fingerprint density at radius 1 is 1.46 bits per heavy atom. The highest BCUT2D eigenvalue weighted by Gasteiger charge is 2.05. The van der Waals surface area contributed by atoms with Crippen LogP contribution in [0.15, 0.2) is 12.1 Å². The van der Waals surface area contributed by atoms with Crippen LogP contribution in [-0.2, 0) is 6.42 Å². The van der Waals surface area contributed by atoms with Crippen LogP contribution in [0.5, 0.6) is 5.75 Å². The summed E-state index contributed by atoms with van der Waals surface area (Å²) < 4.78 is 13.1. The molecule has 0 amide bonds. The Balaban J connectivity index is 2.86. The van der Waals surface area contributed by atoms with Gasteiger partial charge in [0.25, 0.3) is 0 Å². The van der Waals surface area contributed by atoms with Crippen molar-refractivity contribution in [2.45, 2.75) is 19.8 Å². The third-order valence-electron chi connectivity index (χ3n) is 2.05. The van der Waals surface area contributed by atoms with E-state index < -0.39 is 0 Å². The number of aryl methyl sites for hydroxylation is 1. The fraction of sp³-hybridized carbons (Fsp3) is 0.400. The molecule has 13 heavy (non-hydrogen) atoms. The van der Waals surface area contributed by atoms with E-state index >= 15 is 0 Å². The SMILES string of the molecule is Cc1c(O)cc(CCCN)cc1F. The number of benzene rings is 1. The minimum atomic E-state index is -0.355. The molecule has 0 aromatic heterocycles. The van der Waals surface area contributed by atoms with Gasteiger partial charge in [0.05, 0.1) is 0 Å². The molecular weight excluding hydrogens is 169 g/mol. The lowest BCUT2D eigenvalue weighted by atomic mass is 10.1. The maximum Gasteiger partial charge on any atom is 0.130 e. The number of aromatic hydroxyl groups is 1. The van der Waals surface area contributed by atoms with Gasteiger partial charge in [-0.1, -0.05) is 0 Å². The number of nitrogens with two attached hydrogens (primary N) is 1. The predicted molar refractivity (Wildman–Crippen MR) is 50.2 cm³/mol. The second kappa shape index (κ2) is 4.23. The second-order valence-corrected chi connectivity index (χ2v) is 3.11. The van der Waals surface area contributed by atoms with E-state index in [9.17, 15) is 9.50 Å². The largest absolute Gasteiger partial charge is 0.508 e. The van der Waals surface area contributed by atoms with Crippen molar-refractivity contribution in [2.24, 2.45) is 5.73 Å². The zero-order valence-corrected chi connectivity index (χ0v) is 7.68. The summed E-state index contributed by atoms with van der Waals surface area (Å²) in [6.45, 7) is 2.13. The summed E-state index contributed by atoms with van der Waals surface area (Å²) in [6, 6.07) is 3.04. The molecule has 0 heterocycles. The molecule has 0 aliphatic carbocycles. The first-order chi connectivity index (χ1) is 6.15. The zero-order valence-electron chi connectivity index (χ0n) is 7.68. The lowest BCUT2D eigenvalue weighted by Crippen LogP contribution is -2.00. The Hall–Kier alpha value is -1.09. The van der Waals surface area contributed by atoms with Gasteiger partial charge in [-0.05, 0) is 44.0 Å². The van der Waals surface area contributed by atoms with Crippen LogP contribution < -0.4 is 5.73 Å². The van der Waals surface area contributed by atoms with Crippen molar-refractivity contribution >= 4 is 0 Å². The van der Waals surface area contributed by atoms with Crippen molar-refractivity contribution < 1.29 is 9.50 Å². The third-order valence-corrected chi connectivity index (χ3v) is 2.05. The van der Waals surface area contributed by atoms with Crippen LogP contribution >= 0.6 is 0 Å². The van der Waals surface area contributed by atoms with E-state index in [1.165, 1.54) is 6.07 Å². The second-order valence-electron chi connectivity index (χ2n) is 3.11. The van der Waals surface area contributed by atoms with Gasteiger partial charge in [0.1, 0.15) is 11.6 Å². The molecule has 0 saturated heterocycles. The number of halogens is 1. The molecule has 0 bridgehead atoms. The summed E-state index contributed by atoms with van der Waals surface area (Å²) in [5.74, 6) is -0.334. The van der Waals surface area contributed by atoms with E-state index in [-0.39, 0.29) is 11.6 Å². The van der Waals surface area contributed by atoms with E-state index in [4.69, 9.17) is 5.73 Å². The third kappa shape index (κ3) is 2.42. The molecule has 0 atom stereocenters. The highest BCUT2D eigenvalue weighted by atomic mass is 19.1. The average Bonchev–Trinajstić information content (AvgIpc) is 2.10. The molecule has 1 aromatic carbocycles. The Morgan fingerprint density at radius 3 is 2.69 bits per heavy atom. The molecule has 3 N–H and O–H groups in total. The Labute approximate surface area is 77.2 Å². The van der Waals surface area contributed by atoms with Gasteiger partial charge in [-0.3, -0.25) is 0 Å². The molecule has 72 valence electrons. The molecule has 2 nitrogen and oxygen atoms in total. The van der Waals surface area contributed by atoms with Crippen LogP contribution in [0.25, 0.3) is 0 Å². The fourth-order valence-corrected chi connectivity index (χ4v) is 1.17. The van der Waals surface area contributed by atoms with Gasteiger partial charge in [0, 0.05) is 5.56 Å². The normalized spacial score (nSPS) is 10.4. The van der Waals surface area contributed by atoms with Crippen LogP contribution in [-0.4, -0.2) is 11.7 Å². The molecule has 0 saturated carbocycles. The molecule has 0 aliphatic rings. The van der Waals surface area contributed by atoms with Crippen molar-refractivity contribution in [1.82, 2.24) is 0 Å². The number of hydrogen-bond donors (Lipinski definition) is 2. The van der Waals surface area contributed by atoms with Crippen LogP contribution in [0.2, 0.25) is 0 Å². The van der Waals surface area contributed by atoms with Crippen molar-refractivity contribution in [3.05, 3.63) is 29.1 Å². The van der Waals surface area contributed by atoms with Crippen molar-refractivity contribution in [3.8, 4) is 5.75 Å². The lowest BCUT2D eigenvalue weighted by molar-refractivity contribution is 0.461. The van der Waals surface area contributed by atoms with Gasteiger partial charge in [0.15, 0.2) is 0 Å². The molecule has 0 radical (unpaired) electrons. The van der Waals surface area contributed by atoms with Gasteiger partial charge in [-0.15, -0.1) is 0 Å². The minimum absolute atomic E-state index is 0.0204. The Morgan fingerprint density at radius 2 is 2.15 bits per heavy atom. The number of rotatable bonds is 3. The number of hydrogen-bond acceptors (Lipinski definition) is 2. The molecule has 0 aliphatic heterocycles. The summed E-state index contributed by atoms with van der Waals surface area (Å²) in [5.41, 5.74) is 6.43. The summed E-state index contributed by atoms with van der Waals surface area (Å²) >= 11 is 0. The van der Waals surface area contributed by atoms with E-state index in [0.29, 0.717) is 18.5 Å². The van der Waals surface area contributed by atoms with E-state index in [1.807, 2.05) is 0 Å². The van der Waals surface area contributed by atoms with E-state index in [0.717, 1.165) is 12.0 Å². The van der Waals surface area contributed by atoms with Crippen LogP contribution in [0, 0.1) is 12.7 Å². The van der Waals surface area contributed by atoms with Crippen LogP contribution in [0.3, 0.4) is 0 Å². The Bertz CT molecular complexity index is 276. The fourth-order valence-electron chi connectivity index (χ4n) is 1.17. The quantitative estimate of drug-likeness (QED) is 0.749. The number of phenolic OH excluding ortho intramolecular Hbond substituents is 1. The highest BCUT2D eigenvalue weighted by molar-refractivity contribution is 5.36. The molecular formula is C10H14FNO. The van der Waals surface area contributed by atoms with Gasteiger partial charge < -0.3 is 10.8 Å². The van der Waals surface area contributed by atoms with Crippen LogP contribution in [0.1, 0.15) is 17.5 Å². The standard InChI is InChI=1S/C10H14FNO/c1-7-9(11)5-8(3-2-4-12)6-10(7)13/h5-6,13H,2-4,12H2,1H3. The van der Waals surface area contributed by atoms with Gasteiger partial charge in [-0.2, -0.15) is 0 Å². The molecule has 1 aromatic rings. The van der Waals surface area contributed by atoms with E-state index in [1.54, 1.807) is 13.0 Å². The summed E-state index contributed by atoms with van der Waals surface area (Å²) in [7, 11) is 0. The zero-order chi connectivity index (χ0) is 9.84. The van der Waals surface area contributed by atoms with Crippen molar-refractivity contribution in [2.75, 3.05) is 6.54 Å². The molecule has 0 fully saturated rings. The topological polar surface area (TPSA) is 46.2 Å². The molecule has 0 unspecified atom stereocenters. The lowest BCUT2D eigenvalue weighted by Gasteiger charge is -2.04. The van der Waals surface area contributed by atoms with Gasteiger partial charge in [0.2, 0.25) is 0 Å². The average molecular weight is 183 g/mol. The first kappa shape index (κ1) is 9.99. The molecule has 1 rings (SSSR count). The maximum absolute atomic E-state index is 13.1. The van der Waals surface area contributed by atoms with Gasteiger partial charge in [-0.25, -0.2) is 4.39 Å². The van der Waals surface area contributed by atoms with Crippen molar-refractivity contribution in [3.63, 3.8) is 0 Å². The first-order valence-corrected chi connectivity index (χ1v) is 4.33. The maximum atomic E-state index is 13.1. The van der Waals surface area contributed by atoms with Crippen LogP contribution in [0.4, 0.5) is 4.39 Å². The first-order valence-electron chi connectivity index (χ1n) is 4.33. The Kier molecular flexibility index (Phi) is 3.25. The predicted octanol–water partition coefficient (Wildman–Crippen LogP) is 1.73. The minimum Gasteiger partial charge on any atom is -0.508 e. The van der Waals surface area contributed by atoms with E-state index in [2.05, 4.69) is 0 Å². The summed E-state index contributed by atoms with van der Waals surface area (Å²) in [4.78, 5) is 0. The molecule has 3 heteroatoms. The monoisotopic (exact) mass is 183 g/mol. The smallest absolute Gasteiger partial charge is 0.130 e.